The van der Waals surface area contributed by atoms with Gasteiger partial charge in [0.2, 0.25) is 0 Å². The number of hydrogen-bond donors (Lipinski definition) is 1. The lowest BCUT2D eigenvalue weighted by Gasteiger charge is -2.18. The number of hydrogen-bond acceptors (Lipinski definition) is 4. The highest BCUT2D eigenvalue weighted by Gasteiger charge is 2.32. The first-order valence-electron chi connectivity index (χ1n) is 8.82. The minimum absolute atomic E-state index is 0.00315. The zero-order chi connectivity index (χ0) is 17.0. The second kappa shape index (κ2) is 7.43. The summed E-state index contributed by atoms with van der Waals surface area (Å²) >= 11 is 0. The summed E-state index contributed by atoms with van der Waals surface area (Å²) in [5.41, 5.74) is 0.913. The fourth-order valence-electron chi connectivity index (χ4n) is 2.83. The molecular formula is C19H27NO4. The average molecular weight is 333 g/mol. The highest BCUT2D eigenvalue weighted by atomic mass is 16.5. The molecule has 0 atom stereocenters. The van der Waals surface area contributed by atoms with Crippen molar-refractivity contribution < 1.29 is 19.0 Å². The van der Waals surface area contributed by atoms with Crippen molar-refractivity contribution in [1.82, 2.24) is 5.32 Å². The van der Waals surface area contributed by atoms with Gasteiger partial charge in [0.05, 0.1) is 0 Å². The standard InChI is InChI=1S/C19H27NO4/c1-19(2)11-15-5-3-6-16(18(15)24-19)23-13-17(21)20-9-4-10-22-12-14-7-8-14/h3,5-6,14H,4,7-13H2,1-2H3,(H,20,21). The molecule has 0 saturated heterocycles. The summed E-state index contributed by atoms with van der Waals surface area (Å²) in [7, 11) is 0. The smallest absolute Gasteiger partial charge is 0.257 e. The van der Waals surface area contributed by atoms with Crippen LogP contribution in [0.25, 0.3) is 0 Å². The Bertz CT molecular complexity index is 581. The molecule has 1 saturated carbocycles. The zero-order valence-electron chi connectivity index (χ0n) is 14.6. The molecule has 24 heavy (non-hydrogen) atoms. The first kappa shape index (κ1) is 17.1. The fourth-order valence-corrected chi connectivity index (χ4v) is 2.83. The van der Waals surface area contributed by atoms with E-state index in [4.69, 9.17) is 14.2 Å². The Hall–Kier alpha value is -1.75. The van der Waals surface area contributed by atoms with Crippen molar-refractivity contribution in [2.45, 2.75) is 45.1 Å². The number of para-hydroxylation sites is 1. The van der Waals surface area contributed by atoms with Gasteiger partial charge < -0.3 is 19.5 Å². The van der Waals surface area contributed by atoms with E-state index in [9.17, 15) is 4.79 Å². The normalized spacial score (nSPS) is 17.9. The summed E-state index contributed by atoms with van der Waals surface area (Å²) in [4.78, 5) is 11.9. The van der Waals surface area contributed by atoms with E-state index in [0.29, 0.717) is 18.9 Å². The Morgan fingerprint density at radius 1 is 1.38 bits per heavy atom. The molecule has 1 aliphatic carbocycles. The van der Waals surface area contributed by atoms with Crippen LogP contribution >= 0.6 is 0 Å². The van der Waals surface area contributed by atoms with Gasteiger partial charge in [-0.1, -0.05) is 12.1 Å². The van der Waals surface area contributed by atoms with E-state index >= 15 is 0 Å². The van der Waals surface area contributed by atoms with E-state index in [-0.39, 0.29) is 18.1 Å². The molecule has 1 aromatic carbocycles. The lowest BCUT2D eigenvalue weighted by atomic mass is 10.0. The monoisotopic (exact) mass is 333 g/mol. The third-order valence-corrected chi connectivity index (χ3v) is 4.25. The third-order valence-electron chi connectivity index (χ3n) is 4.25. The van der Waals surface area contributed by atoms with Crippen LogP contribution in [0.1, 0.15) is 38.7 Å². The van der Waals surface area contributed by atoms with Crippen molar-refractivity contribution in [3.63, 3.8) is 0 Å². The number of benzene rings is 1. The quantitative estimate of drug-likeness (QED) is 0.706. The van der Waals surface area contributed by atoms with Crippen LogP contribution in [-0.2, 0) is 16.0 Å². The Labute approximate surface area is 143 Å². The predicted octanol–water partition coefficient (Wildman–Crippen LogP) is 2.71. The second-order valence-electron chi connectivity index (χ2n) is 7.29. The lowest BCUT2D eigenvalue weighted by molar-refractivity contribution is -0.123. The summed E-state index contributed by atoms with van der Waals surface area (Å²) in [6.45, 7) is 6.29. The number of amides is 1. The van der Waals surface area contributed by atoms with Crippen molar-refractivity contribution in [2.75, 3.05) is 26.4 Å². The zero-order valence-corrected chi connectivity index (χ0v) is 14.6. The fraction of sp³-hybridized carbons (Fsp3) is 0.632. The summed E-state index contributed by atoms with van der Waals surface area (Å²) in [6, 6.07) is 5.83. The molecule has 1 heterocycles. The molecule has 0 spiro atoms. The van der Waals surface area contributed by atoms with Crippen molar-refractivity contribution in [2.24, 2.45) is 5.92 Å². The van der Waals surface area contributed by atoms with Crippen LogP contribution in [0.5, 0.6) is 11.5 Å². The average Bonchev–Trinajstić information content (AvgIpc) is 3.29. The maximum atomic E-state index is 11.9. The molecule has 5 nitrogen and oxygen atoms in total. The maximum absolute atomic E-state index is 11.9. The van der Waals surface area contributed by atoms with Crippen LogP contribution in [-0.4, -0.2) is 37.9 Å². The minimum atomic E-state index is -0.218. The molecule has 0 aromatic heterocycles. The number of rotatable bonds is 9. The molecule has 132 valence electrons. The molecule has 1 N–H and O–H groups in total. The topological polar surface area (TPSA) is 56.8 Å². The van der Waals surface area contributed by atoms with Gasteiger partial charge in [-0.2, -0.15) is 0 Å². The number of carbonyl (C=O) groups excluding carboxylic acids is 1. The van der Waals surface area contributed by atoms with Crippen molar-refractivity contribution in [3.05, 3.63) is 23.8 Å². The summed E-state index contributed by atoms with van der Waals surface area (Å²) in [6.07, 6.45) is 4.29. The Kier molecular flexibility index (Phi) is 5.29. The van der Waals surface area contributed by atoms with Gasteiger partial charge in [0.1, 0.15) is 5.60 Å². The largest absolute Gasteiger partial charge is 0.483 e. The molecule has 2 aliphatic rings. The Balaban J connectivity index is 1.35. The van der Waals surface area contributed by atoms with Crippen molar-refractivity contribution in [1.29, 1.82) is 0 Å². The lowest BCUT2D eigenvalue weighted by Crippen LogP contribution is -2.30. The number of ether oxygens (including phenoxy) is 3. The molecule has 1 aliphatic heterocycles. The van der Waals surface area contributed by atoms with E-state index in [1.165, 1.54) is 12.8 Å². The minimum Gasteiger partial charge on any atom is -0.483 e. The predicted molar refractivity (Wildman–Crippen MR) is 91.5 cm³/mol. The van der Waals surface area contributed by atoms with Gasteiger partial charge in [0.25, 0.3) is 5.91 Å². The van der Waals surface area contributed by atoms with Crippen molar-refractivity contribution in [3.8, 4) is 11.5 Å². The van der Waals surface area contributed by atoms with Gasteiger partial charge in [0.15, 0.2) is 18.1 Å². The van der Waals surface area contributed by atoms with Crippen LogP contribution in [0.2, 0.25) is 0 Å². The number of nitrogens with one attached hydrogen (secondary N) is 1. The van der Waals surface area contributed by atoms with E-state index in [2.05, 4.69) is 19.2 Å². The summed E-state index contributed by atoms with van der Waals surface area (Å²) in [5, 5.41) is 2.86. The Morgan fingerprint density at radius 3 is 3.00 bits per heavy atom. The number of carbonyl (C=O) groups is 1. The summed E-state index contributed by atoms with van der Waals surface area (Å²) in [5.74, 6) is 2.07. The van der Waals surface area contributed by atoms with Gasteiger partial charge in [-0.15, -0.1) is 0 Å². The second-order valence-corrected chi connectivity index (χ2v) is 7.29. The van der Waals surface area contributed by atoms with E-state index in [1.807, 2.05) is 18.2 Å². The molecule has 5 heteroatoms. The third kappa shape index (κ3) is 4.87. The molecule has 0 bridgehead atoms. The molecule has 1 aromatic rings. The SMILES string of the molecule is CC1(C)Cc2cccc(OCC(=O)NCCCOCC3CC3)c2O1. The van der Waals surface area contributed by atoms with E-state index in [1.54, 1.807) is 0 Å². The van der Waals surface area contributed by atoms with Gasteiger partial charge in [-0.05, 0) is 45.1 Å². The van der Waals surface area contributed by atoms with E-state index in [0.717, 1.165) is 36.7 Å². The van der Waals surface area contributed by atoms with Gasteiger partial charge in [0, 0.05) is 31.7 Å². The van der Waals surface area contributed by atoms with Crippen LogP contribution in [0.4, 0.5) is 0 Å². The van der Waals surface area contributed by atoms with Gasteiger partial charge in [-0.3, -0.25) is 4.79 Å². The number of fused-ring (bicyclic) bond motifs is 1. The molecule has 0 unspecified atom stereocenters. The van der Waals surface area contributed by atoms with Gasteiger partial charge >= 0.3 is 0 Å². The molecular weight excluding hydrogens is 306 g/mol. The Morgan fingerprint density at radius 2 is 2.21 bits per heavy atom. The highest BCUT2D eigenvalue weighted by molar-refractivity contribution is 5.77. The first-order valence-corrected chi connectivity index (χ1v) is 8.82. The highest BCUT2D eigenvalue weighted by Crippen LogP contribution is 2.41. The van der Waals surface area contributed by atoms with Crippen LogP contribution in [0, 0.1) is 5.92 Å². The molecule has 1 fully saturated rings. The first-order chi connectivity index (χ1) is 11.5. The van der Waals surface area contributed by atoms with Crippen LogP contribution < -0.4 is 14.8 Å². The summed E-state index contributed by atoms with van der Waals surface area (Å²) < 4.78 is 17.1. The maximum Gasteiger partial charge on any atom is 0.257 e. The van der Waals surface area contributed by atoms with E-state index < -0.39 is 0 Å². The van der Waals surface area contributed by atoms with Crippen molar-refractivity contribution >= 4 is 5.91 Å². The molecule has 1 amide bonds. The molecule has 0 radical (unpaired) electrons. The van der Waals surface area contributed by atoms with Crippen LogP contribution in [0.3, 0.4) is 0 Å². The molecule has 3 rings (SSSR count). The van der Waals surface area contributed by atoms with Gasteiger partial charge in [-0.25, -0.2) is 0 Å². The van der Waals surface area contributed by atoms with Crippen LogP contribution in [0.15, 0.2) is 18.2 Å².